The minimum Gasteiger partial charge on any atom is -0.455 e. The molecule has 0 saturated carbocycles. The number of furan rings is 1. The summed E-state index contributed by atoms with van der Waals surface area (Å²) < 4.78 is 43.7. The highest BCUT2D eigenvalue weighted by Gasteiger charge is 2.30. The summed E-state index contributed by atoms with van der Waals surface area (Å²) in [5, 5.41) is 4.38. The van der Waals surface area contributed by atoms with E-state index in [1.165, 1.54) is 18.3 Å². The molecule has 0 bridgehead atoms. The minimum absolute atomic E-state index is 0.227. The fourth-order valence-corrected chi connectivity index (χ4v) is 2.57. The molecule has 1 aromatic heterocycles. The van der Waals surface area contributed by atoms with Crippen LogP contribution in [0.2, 0.25) is 5.02 Å². The maximum absolute atomic E-state index is 12.7. The highest BCUT2D eigenvalue weighted by Crippen LogP contribution is 2.29. The molecule has 0 atom stereocenters. The summed E-state index contributed by atoms with van der Waals surface area (Å²) in [6.45, 7) is 0. The summed E-state index contributed by atoms with van der Waals surface area (Å²) in [6.07, 6.45) is -3.37. The Kier molecular flexibility index (Phi) is 5.84. The van der Waals surface area contributed by atoms with Gasteiger partial charge < -0.3 is 4.42 Å². The number of hydrogen-bond donors (Lipinski definition) is 1. The van der Waals surface area contributed by atoms with Crippen LogP contribution < -0.4 is 5.43 Å². The zero-order valence-corrected chi connectivity index (χ0v) is 15.1. The second-order valence-corrected chi connectivity index (χ2v) is 6.31. The van der Waals surface area contributed by atoms with Crippen LogP contribution in [0.1, 0.15) is 16.9 Å². The number of benzene rings is 2. The molecule has 0 saturated heterocycles. The third-order valence-corrected chi connectivity index (χ3v) is 4.01. The standard InChI is InChI=1S/C20H14ClF3N2O2/c21-16-6-4-14(5-7-16)18-9-8-17(28-18)12-25-26-19(27)11-13-2-1-3-15(10-13)20(22,23)24/h1-10,12H,11H2,(H,26,27)/b25-12-. The van der Waals surface area contributed by atoms with Crippen LogP contribution in [0.3, 0.4) is 0 Å². The van der Waals surface area contributed by atoms with E-state index < -0.39 is 17.6 Å². The summed E-state index contributed by atoms with van der Waals surface area (Å²) in [7, 11) is 0. The summed E-state index contributed by atoms with van der Waals surface area (Å²) in [5.41, 5.74) is 2.54. The predicted molar refractivity (Wildman–Crippen MR) is 100 cm³/mol. The van der Waals surface area contributed by atoms with Crippen molar-refractivity contribution in [3.63, 3.8) is 0 Å². The van der Waals surface area contributed by atoms with Crippen LogP contribution in [0.4, 0.5) is 13.2 Å². The number of nitrogens with zero attached hydrogens (tertiary/aromatic N) is 1. The first kappa shape index (κ1) is 19.7. The molecular formula is C20H14ClF3N2O2. The van der Waals surface area contributed by atoms with Gasteiger partial charge in [-0.15, -0.1) is 0 Å². The predicted octanol–water partition coefficient (Wildman–Crippen LogP) is 5.31. The molecule has 4 nitrogen and oxygen atoms in total. The molecule has 144 valence electrons. The summed E-state index contributed by atoms with van der Waals surface area (Å²) in [5.74, 6) is 0.470. The molecular weight excluding hydrogens is 393 g/mol. The highest BCUT2D eigenvalue weighted by molar-refractivity contribution is 6.30. The molecule has 0 unspecified atom stereocenters. The molecule has 28 heavy (non-hydrogen) atoms. The smallest absolute Gasteiger partial charge is 0.416 e. The Bertz CT molecular complexity index is 995. The Morgan fingerprint density at radius 3 is 2.57 bits per heavy atom. The Labute approximate surface area is 163 Å². The largest absolute Gasteiger partial charge is 0.455 e. The fraction of sp³-hybridized carbons (Fsp3) is 0.100. The van der Waals surface area contributed by atoms with Crippen molar-refractivity contribution in [3.05, 3.63) is 82.6 Å². The first-order valence-electron chi connectivity index (χ1n) is 8.15. The maximum Gasteiger partial charge on any atom is 0.416 e. The zero-order chi connectivity index (χ0) is 20.1. The van der Waals surface area contributed by atoms with E-state index in [1.54, 1.807) is 36.4 Å². The van der Waals surface area contributed by atoms with Crippen molar-refractivity contribution in [3.8, 4) is 11.3 Å². The Morgan fingerprint density at radius 1 is 1.11 bits per heavy atom. The normalized spacial score (nSPS) is 11.7. The number of carbonyl (C=O) groups is 1. The number of hydrazone groups is 1. The molecule has 0 fully saturated rings. The van der Waals surface area contributed by atoms with Crippen LogP contribution >= 0.6 is 11.6 Å². The van der Waals surface area contributed by atoms with Crippen LogP contribution in [0, 0.1) is 0 Å². The van der Waals surface area contributed by atoms with E-state index in [2.05, 4.69) is 10.5 Å². The summed E-state index contributed by atoms with van der Waals surface area (Å²) >= 11 is 5.84. The highest BCUT2D eigenvalue weighted by atomic mass is 35.5. The number of amides is 1. The molecule has 0 aliphatic carbocycles. The van der Waals surface area contributed by atoms with Crippen molar-refractivity contribution in [2.75, 3.05) is 0 Å². The van der Waals surface area contributed by atoms with E-state index in [9.17, 15) is 18.0 Å². The van der Waals surface area contributed by atoms with Gasteiger partial charge in [-0.3, -0.25) is 4.79 Å². The Morgan fingerprint density at radius 2 is 1.86 bits per heavy atom. The quantitative estimate of drug-likeness (QED) is 0.461. The van der Waals surface area contributed by atoms with Gasteiger partial charge in [0.2, 0.25) is 5.91 Å². The first-order valence-corrected chi connectivity index (χ1v) is 8.53. The Balaban J connectivity index is 1.58. The third-order valence-electron chi connectivity index (χ3n) is 3.76. The number of nitrogens with one attached hydrogen (secondary N) is 1. The number of rotatable bonds is 5. The molecule has 3 rings (SSSR count). The molecule has 0 radical (unpaired) electrons. The number of carbonyl (C=O) groups excluding carboxylic acids is 1. The molecule has 0 spiro atoms. The molecule has 1 N–H and O–H groups in total. The SMILES string of the molecule is O=C(Cc1cccc(C(F)(F)F)c1)N/N=C\c1ccc(-c2ccc(Cl)cc2)o1. The van der Waals surface area contributed by atoms with E-state index >= 15 is 0 Å². The van der Waals surface area contributed by atoms with E-state index in [0.717, 1.165) is 17.7 Å². The summed E-state index contributed by atoms with van der Waals surface area (Å²) in [6, 6.07) is 15.1. The van der Waals surface area contributed by atoms with Gasteiger partial charge in [0.05, 0.1) is 18.2 Å². The lowest BCUT2D eigenvalue weighted by Gasteiger charge is -2.08. The van der Waals surface area contributed by atoms with Gasteiger partial charge in [0.25, 0.3) is 0 Å². The van der Waals surface area contributed by atoms with Crippen LogP contribution in [0.5, 0.6) is 0 Å². The van der Waals surface area contributed by atoms with Crippen molar-refractivity contribution in [2.45, 2.75) is 12.6 Å². The summed E-state index contributed by atoms with van der Waals surface area (Å²) in [4.78, 5) is 11.9. The van der Waals surface area contributed by atoms with Crippen LogP contribution in [-0.2, 0) is 17.4 Å². The van der Waals surface area contributed by atoms with E-state index in [1.807, 2.05) is 0 Å². The van der Waals surface area contributed by atoms with Gasteiger partial charge in [0, 0.05) is 10.6 Å². The van der Waals surface area contributed by atoms with Crippen molar-refractivity contribution in [1.29, 1.82) is 0 Å². The first-order chi connectivity index (χ1) is 13.3. The van der Waals surface area contributed by atoms with Crippen LogP contribution in [0.25, 0.3) is 11.3 Å². The minimum atomic E-state index is -4.45. The Hall–Kier alpha value is -3.06. The van der Waals surface area contributed by atoms with Crippen molar-refractivity contribution >= 4 is 23.7 Å². The average Bonchev–Trinajstić information content (AvgIpc) is 3.11. The van der Waals surface area contributed by atoms with Gasteiger partial charge >= 0.3 is 6.18 Å². The van der Waals surface area contributed by atoms with Crippen molar-refractivity contribution in [1.82, 2.24) is 5.43 Å². The fourth-order valence-electron chi connectivity index (χ4n) is 2.44. The lowest BCUT2D eigenvalue weighted by atomic mass is 10.1. The average molecular weight is 407 g/mol. The molecule has 0 aliphatic heterocycles. The molecule has 2 aromatic carbocycles. The molecule has 3 aromatic rings. The number of alkyl halides is 3. The number of hydrogen-bond acceptors (Lipinski definition) is 3. The van der Waals surface area contributed by atoms with Crippen LogP contribution in [0.15, 0.2) is 70.2 Å². The monoisotopic (exact) mass is 406 g/mol. The van der Waals surface area contributed by atoms with E-state index in [0.29, 0.717) is 16.5 Å². The van der Waals surface area contributed by atoms with Gasteiger partial charge in [-0.25, -0.2) is 5.43 Å². The van der Waals surface area contributed by atoms with Gasteiger partial charge in [0.1, 0.15) is 11.5 Å². The van der Waals surface area contributed by atoms with Crippen molar-refractivity contribution in [2.24, 2.45) is 5.10 Å². The van der Waals surface area contributed by atoms with Gasteiger partial charge in [-0.05, 0) is 48.0 Å². The lowest BCUT2D eigenvalue weighted by Crippen LogP contribution is -2.20. The van der Waals surface area contributed by atoms with Gasteiger partial charge in [-0.2, -0.15) is 18.3 Å². The second-order valence-electron chi connectivity index (χ2n) is 5.88. The third kappa shape index (κ3) is 5.23. The van der Waals surface area contributed by atoms with E-state index in [4.69, 9.17) is 16.0 Å². The lowest BCUT2D eigenvalue weighted by molar-refractivity contribution is -0.137. The topological polar surface area (TPSA) is 54.6 Å². The molecule has 1 amide bonds. The zero-order valence-electron chi connectivity index (χ0n) is 14.3. The second kappa shape index (κ2) is 8.31. The maximum atomic E-state index is 12.7. The molecule has 8 heteroatoms. The van der Waals surface area contributed by atoms with Crippen molar-refractivity contribution < 1.29 is 22.4 Å². The van der Waals surface area contributed by atoms with E-state index in [-0.39, 0.29) is 12.0 Å². The molecule has 1 heterocycles. The van der Waals surface area contributed by atoms with Gasteiger partial charge in [0.15, 0.2) is 0 Å². The molecule has 0 aliphatic rings. The van der Waals surface area contributed by atoms with Gasteiger partial charge in [-0.1, -0.05) is 29.8 Å². The number of halogens is 4. The van der Waals surface area contributed by atoms with Crippen LogP contribution in [-0.4, -0.2) is 12.1 Å².